The molecule has 1 aliphatic rings. The standard InChI is InChI=1S/C12H25N3O/c1-2-11-5-3-8-15(10-7-11)9-4-6-12(16)14-13/h11H,2-10,13H2,1H3,(H,14,16). The van der Waals surface area contributed by atoms with Crippen molar-refractivity contribution in [2.45, 2.75) is 45.4 Å². The minimum Gasteiger partial charge on any atom is -0.303 e. The number of likely N-dealkylation sites (tertiary alicyclic amines) is 1. The molecule has 0 aromatic heterocycles. The van der Waals surface area contributed by atoms with Gasteiger partial charge in [-0.2, -0.15) is 0 Å². The summed E-state index contributed by atoms with van der Waals surface area (Å²) in [5.41, 5.74) is 2.17. The summed E-state index contributed by atoms with van der Waals surface area (Å²) in [5, 5.41) is 0. The van der Waals surface area contributed by atoms with Crippen molar-refractivity contribution in [3.8, 4) is 0 Å². The van der Waals surface area contributed by atoms with Crippen LogP contribution in [0.3, 0.4) is 0 Å². The third-order valence-corrected chi connectivity index (χ3v) is 3.56. The van der Waals surface area contributed by atoms with Gasteiger partial charge in [-0.15, -0.1) is 0 Å². The first-order valence-electron chi connectivity index (χ1n) is 6.48. The Balaban J connectivity index is 2.15. The van der Waals surface area contributed by atoms with Gasteiger partial charge in [0.25, 0.3) is 0 Å². The highest BCUT2D eigenvalue weighted by atomic mass is 16.2. The second-order valence-electron chi connectivity index (χ2n) is 4.72. The van der Waals surface area contributed by atoms with Crippen LogP contribution in [0.5, 0.6) is 0 Å². The minimum absolute atomic E-state index is 0.0544. The van der Waals surface area contributed by atoms with Gasteiger partial charge in [0.15, 0.2) is 0 Å². The number of nitrogens with two attached hydrogens (primary N) is 1. The number of hydrogen-bond acceptors (Lipinski definition) is 3. The Hall–Kier alpha value is -0.610. The molecule has 1 saturated heterocycles. The van der Waals surface area contributed by atoms with Gasteiger partial charge >= 0.3 is 0 Å². The summed E-state index contributed by atoms with van der Waals surface area (Å²) in [6.45, 7) is 5.71. The highest BCUT2D eigenvalue weighted by molar-refractivity contribution is 5.75. The number of rotatable bonds is 5. The van der Waals surface area contributed by atoms with Crippen molar-refractivity contribution in [1.29, 1.82) is 0 Å². The Bertz CT molecular complexity index is 208. The molecule has 1 heterocycles. The molecule has 94 valence electrons. The van der Waals surface area contributed by atoms with Crippen molar-refractivity contribution in [2.75, 3.05) is 19.6 Å². The topological polar surface area (TPSA) is 58.4 Å². The van der Waals surface area contributed by atoms with Crippen molar-refractivity contribution in [3.63, 3.8) is 0 Å². The molecule has 4 heteroatoms. The average Bonchev–Trinajstić information content (AvgIpc) is 2.54. The van der Waals surface area contributed by atoms with Gasteiger partial charge in [0.05, 0.1) is 0 Å². The van der Waals surface area contributed by atoms with Crippen LogP contribution in [0, 0.1) is 5.92 Å². The molecule has 16 heavy (non-hydrogen) atoms. The predicted octanol–water partition coefficient (Wildman–Crippen LogP) is 1.27. The van der Waals surface area contributed by atoms with E-state index in [0.717, 1.165) is 18.9 Å². The molecular weight excluding hydrogens is 202 g/mol. The first-order valence-corrected chi connectivity index (χ1v) is 6.48. The Morgan fingerprint density at radius 1 is 1.44 bits per heavy atom. The van der Waals surface area contributed by atoms with E-state index < -0.39 is 0 Å². The van der Waals surface area contributed by atoms with Crippen LogP contribution in [0.15, 0.2) is 0 Å². The van der Waals surface area contributed by atoms with E-state index in [0.29, 0.717) is 6.42 Å². The average molecular weight is 227 g/mol. The fourth-order valence-corrected chi connectivity index (χ4v) is 2.39. The van der Waals surface area contributed by atoms with Crippen LogP contribution < -0.4 is 11.3 Å². The summed E-state index contributed by atoms with van der Waals surface area (Å²) in [6.07, 6.45) is 6.77. The van der Waals surface area contributed by atoms with Gasteiger partial charge in [-0.25, -0.2) is 5.84 Å². The Morgan fingerprint density at radius 2 is 2.25 bits per heavy atom. The first-order chi connectivity index (χ1) is 7.76. The van der Waals surface area contributed by atoms with Crippen LogP contribution in [-0.2, 0) is 4.79 Å². The molecule has 3 N–H and O–H groups in total. The maximum Gasteiger partial charge on any atom is 0.233 e. The van der Waals surface area contributed by atoms with Crippen molar-refractivity contribution < 1.29 is 4.79 Å². The van der Waals surface area contributed by atoms with Gasteiger partial charge < -0.3 is 4.90 Å². The smallest absolute Gasteiger partial charge is 0.233 e. The summed E-state index contributed by atoms with van der Waals surface area (Å²) in [6, 6.07) is 0. The number of carbonyl (C=O) groups is 1. The molecule has 0 saturated carbocycles. The monoisotopic (exact) mass is 227 g/mol. The third kappa shape index (κ3) is 4.94. The van der Waals surface area contributed by atoms with Gasteiger partial charge in [-0.1, -0.05) is 13.3 Å². The molecule has 4 nitrogen and oxygen atoms in total. The molecule has 0 aliphatic carbocycles. The van der Waals surface area contributed by atoms with Crippen LogP contribution >= 0.6 is 0 Å². The van der Waals surface area contributed by atoms with E-state index >= 15 is 0 Å². The number of hydrogen-bond donors (Lipinski definition) is 2. The zero-order valence-electron chi connectivity index (χ0n) is 10.4. The molecule has 1 fully saturated rings. The van der Waals surface area contributed by atoms with E-state index in [-0.39, 0.29) is 5.91 Å². The number of nitrogens with zero attached hydrogens (tertiary/aromatic N) is 1. The van der Waals surface area contributed by atoms with Gasteiger partial charge in [-0.05, 0) is 51.2 Å². The molecule has 0 aromatic rings. The molecule has 0 aromatic carbocycles. The molecule has 0 radical (unpaired) electrons. The second kappa shape index (κ2) is 7.63. The zero-order valence-corrected chi connectivity index (χ0v) is 10.4. The predicted molar refractivity (Wildman–Crippen MR) is 65.6 cm³/mol. The summed E-state index contributed by atoms with van der Waals surface area (Å²) < 4.78 is 0. The van der Waals surface area contributed by atoms with Crippen molar-refractivity contribution in [1.82, 2.24) is 10.3 Å². The third-order valence-electron chi connectivity index (χ3n) is 3.56. The second-order valence-corrected chi connectivity index (χ2v) is 4.72. The quantitative estimate of drug-likeness (QED) is 0.422. The maximum absolute atomic E-state index is 11.0. The largest absolute Gasteiger partial charge is 0.303 e. The van der Waals surface area contributed by atoms with Gasteiger partial charge in [0, 0.05) is 6.42 Å². The van der Waals surface area contributed by atoms with Crippen LogP contribution in [0.4, 0.5) is 0 Å². The fourth-order valence-electron chi connectivity index (χ4n) is 2.39. The Kier molecular flexibility index (Phi) is 6.42. The molecule has 1 unspecified atom stereocenters. The van der Waals surface area contributed by atoms with E-state index in [1.165, 1.54) is 38.8 Å². The number of amides is 1. The maximum atomic E-state index is 11.0. The van der Waals surface area contributed by atoms with E-state index in [9.17, 15) is 4.79 Å². The van der Waals surface area contributed by atoms with Crippen molar-refractivity contribution in [2.24, 2.45) is 11.8 Å². The van der Waals surface area contributed by atoms with E-state index in [1.54, 1.807) is 0 Å². The van der Waals surface area contributed by atoms with Gasteiger partial charge in [0.2, 0.25) is 5.91 Å². The highest BCUT2D eigenvalue weighted by Gasteiger charge is 2.15. The highest BCUT2D eigenvalue weighted by Crippen LogP contribution is 2.20. The van der Waals surface area contributed by atoms with E-state index in [2.05, 4.69) is 17.2 Å². The van der Waals surface area contributed by atoms with Gasteiger partial charge in [-0.3, -0.25) is 10.2 Å². The lowest BCUT2D eigenvalue weighted by Crippen LogP contribution is -2.31. The van der Waals surface area contributed by atoms with E-state index in [4.69, 9.17) is 5.84 Å². The lowest BCUT2D eigenvalue weighted by atomic mass is 9.98. The summed E-state index contributed by atoms with van der Waals surface area (Å²) in [7, 11) is 0. The molecule has 1 atom stereocenters. The van der Waals surface area contributed by atoms with Crippen LogP contribution in [-0.4, -0.2) is 30.4 Å². The normalized spacial score (nSPS) is 22.8. The SMILES string of the molecule is CCC1CCCN(CCCC(=O)NN)CC1. The molecule has 1 amide bonds. The fraction of sp³-hybridized carbons (Fsp3) is 0.917. The van der Waals surface area contributed by atoms with Crippen LogP contribution in [0.2, 0.25) is 0 Å². The lowest BCUT2D eigenvalue weighted by molar-refractivity contribution is -0.121. The van der Waals surface area contributed by atoms with Crippen LogP contribution in [0.25, 0.3) is 0 Å². The molecular formula is C12H25N3O. The molecule has 1 rings (SSSR count). The van der Waals surface area contributed by atoms with Gasteiger partial charge in [0.1, 0.15) is 0 Å². The number of carbonyl (C=O) groups excluding carboxylic acids is 1. The Labute approximate surface area is 98.5 Å². The first kappa shape index (κ1) is 13.5. The number of nitrogens with one attached hydrogen (secondary N) is 1. The van der Waals surface area contributed by atoms with E-state index in [1.807, 2.05) is 0 Å². The van der Waals surface area contributed by atoms with Crippen molar-refractivity contribution in [3.05, 3.63) is 0 Å². The lowest BCUT2D eigenvalue weighted by Gasteiger charge is -2.19. The molecule has 1 aliphatic heterocycles. The number of hydrazine groups is 1. The van der Waals surface area contributed by atoms with Crippen LogP contribution in [0.1, 0.15) is 45.4 Å². The summed E-state index contributed by atoms with van der Waals surface area (Å²) in [4.78, 5) is 13.5. The summed E-state index contributed by atoms with van der Waals surface area (Å²) >= 11 is 0. The Morgan fingerprint density at radius 3 is 2.94 bits per heavy atom. The molecule has 0 spiro atoms. The van der Waals surface area contributed by atoms with Crippen molar-refractivity contribution >= 4 is 5.91 Å². The zero-order chi connectivity index (χ0) is 11.8. The summed E-state index contributed by atoms with van der Waals surface area (Å²) in [5.74, 6) is 5.90. The molecule has 0 bridgehead atoms. The minimum atomic E-state index is -0.0544.